The van der Waals surface area contributed by atoms with E-state index in [0.717, 1.165) is 16.9 Å². The number of carbonyl (C=O) groups excluding carboxylic acids is 1. The van der Waals surface area contributed by atoms with Gasteiger partial charge in [0, 0.05) is 11.4 Å². The molecule has 0 radical (unpaired) electrons. The van der Waals surface area contributed by atoms with Crippen molar-refractivity contribution in [3.63, 3.8) is 0 Å². The molecule has 130 valence electrons. The van der Waals surface area contributed by atoms with Crippen molar-refractivity contribution in [3.8, 4) is 5.75 Å². The van der Waals surface area contributed by atoms with Gasteiger partial charge in [-0.15, -0.1) is 11.3 Å². The molecule has 1 amide bonds. The number of aryl methyl sites for hydroxylation is 2. The van der Waals surface area contributed by atoms with Gasteiger partial charge in [0.15, 0.2) is 0 Å². The molecule has 1 heterocycles. The zero-order valence-corrected chi connectivity index (χ0v) is 15.7. The molecule has 0 saturated carbocycles. The first-order valence-electron chi connectivity index (χ1n) is 8.14. The molecule has 24 heavy (non-hydrogen) atoms. The second-order valence-corrected chi connectivity index (χ2v) is 7.15. The summed E-state index contributed by atoms with van der Waals surface area (Å²) in [6.07, 6.45) is 0.359. The summed E-state index contributed by atoms with van der Waals surface area (Å²) in [5.74, 6) is 0.872. The Morgan fingerprint density at radius 3 is 2.75 bits per heavy atom. The second kappa shape index (κ2) is 8.85. The monoisotopic (exact) mass is 346 g/mol. The van der Waals surface area contributed by atoms with Gasteiger partial charge in [-0.1, -0.05) is 18.2 Å². The van der Waals surface area contributed by atoms with Gasteiger partial charge < -0.3 is 15.0 Å². The van der Waals surface area contributed by atoms with E-state index in [0.29, 0.717) is 19.6 Å². The molecule has 0 aliphatic heterocycles. The Bertz CT molecular complexity index is 653. The summed E-state index contributed by atoms with van der Waals surface area (Å²) < 4.78 is 5.75. The number of rotatable bonds is 8. The number of ether oxygens (including phenoxy) is 1. The fraction of sp³-hybridized carbons (Fsp3) is 0.421. The van der Waals surface area contributed by atoms with Gasteiger partial charge in [-0.05, 0) is 56.6 Å². The molecule has 1 unspecified atom stereocenters. The van der Waals surface area contributed by atoms with Crippen molar-refractivity contribution in [3.05, 3.63) is 51.7 Å². The Morgan fingerprint density at radius 1 is 1.29 bits per heavy atom. The molecule has 2 rings (SSSR count). The van der Waals surface area contributed by atoms with Crippen LogP contribution in [0.3, 0.4) is 0 Å². The quantitative estimate of drug-likeness (QED) is 0.795. The Hall–Kier alpha value is -1.85. The number of hydrogen-bond donors (Lipinski definition) is 1. The van der Waals surface area contributed by atoms with E-state index >= 15 is 0 Å². The lowest BCUT2D eigenvalue weighted by Crippen LogP contribution is -2.34. The molecular weight excluding hydrogens is 320 g/mol. The van der Waals surface area contributed by atoms with Crippen LogP contribution < -0.4 is 10.1 Å². The zero-order valence-electron chi connectivity index (χ0n) is 14.8. The van der Waals surface area contributed by atoms with Crippen LogP contribution in [0.1, 0.15) is 28.5 Å². The molecule has 0 bridgehead atoms. The third-order valence-corrected chi connectivity index (χ3v) is 4.89. The van der Waals surface area contributed by atoms with Crippen LogP contribution >= 0.6 is 11.3 Å². The van der Waals surface area contributed by atoms with Gasteiger partial charge in [-0.3, -0.25) is 4.79 Å². The number of thiophene rings is 1. The number of nitrogens with zero attached hydrogens (tertiary/aromatic N) is 1. The van der Waals surface area contributed by atoms with Crippen molar-refractivity contribution in [2.24, 2.45) is 0 Å². The van der Waals surface area contributed by atoms with E-state index in [1.807, 2.05) is 46.1 Å². The number of carbonyl (C=O) groups is 1. The van der Waals surface area contributed by atoms with Gasteiger partial charge in [0.05, 0.1) is 19.1 Å². The molecule has 1 atom stereocenters. The summed E-state index contributed by atoms with van der Waals surface area (Å²) in [5.41, 5.74) is 2.25. The minimum Gasteiger partial charge on any atom is -0.493 e. The summed E-state index contributed by atoms with van der Waals surface area (Å²) in [6.45, 7) is 5.04. The van der Waals surface area contributed by atoms with Crippen LogP contribution in [0.4, 0.5) is 0 Å². The van der Waals surface area contributed by atoms with Gasteiger partial charge in [-0.25, -0.2) is 0 Å². The molecule has 1 aromatic heterocycles. The predicted molar refractivity (Wildman–Crippen MR) is 99.8 cm³/mol. The number of hydrogen-bond acceptors (Lipinski definition) is 4. The topological polar surface area (TPSA) is 41.6 Å². The lowest BCUT2D eigenvalue weighted by molar-refractivity contribution is -0.121. The maximum absolute atomic E-state index is 12.1. The molecule has 1 N–H and O–H groups in total. The zero-order chi connectivity index (χ0) is 17.5. The van der Waals surface area contributed by atoms with E-state index in [1.165, 1.54) is 4.88 Å². The maximum Gasteiger partial charge on any atom is 0.223 e. The molecule has 1 aromatic carbocycles. The molecule has 0 saturated heterocycles. The molecule has 0 aliphatic carbocycles. The smallest absolute Gasteiger partial charge is 0.223 e. The first kappa shape index (κ1) is 18.5. The lowest BCUT2D eigenvalue weighted by atomic mass is 10.1. The van der Waals surface area contributed by atoms with Gasteiger partial charge in [0.1, 0.15) is 5.75 Å². The normalized spacial score (nSPS) is 12.2. The van der Waals surface area contributed by atoms with Crippen molar-refractivity contribution in [1.29, 1.82) is 0 Å². The minimum atomic E-state index is 0.0173. The van der Waals surface area contributed by atoms with Gasteiger partial charge in [0.2, 0.25) is 5.91 Å². The van der Waals surface area contributed by atoms with Crippen LogP contribution in [0.5, 0.6) is 5.75 Å². The van der Waals surface area contributed by atoms with Crippen LogP contribution in [0.25, 0.3) is 0 Å². The summed E-state index contributed by atoms with van der Waals surface area (Å²) in [6, 6.07) is 10.4. The maximum atomic E-state index is 12.1. The Kier molecular flexibility index (Phi) is 6.82. The van der Waals surface area contributed by atoms with Crippen LogP contribution in [-0.2, 0) is 4.79 Å². The predicted octanol–water partition coefficient (Wildman–Crippen LogP) is 3.55. The fourth-order valence-electron chi connectivity index (χ4n) is 2.43. The lowest BCUT2D eigenvalue weighted by Gasteiger charge is -2.23. The third kappa shape index (κ3) is 5.35. The average Bonchev–Trinajstić information content (AvgIpc) is 3.04. The van der Waals surface area contributed by atoms with E-state index in [1.54, 1.807) is 11.3 Å². The molecule has 0 fully saturated rings. The second-order valence-electron chi connectivity index (χ2n) is 6.17. The van der Waals surface area contributed by atoms with E-state index < -0.39 is 0 Å². The van der Waals surface area contributed by atoms with Crippen molar-refractivity contribution in [2.75, 3.05) is 27.2 Å². The number of nitrogens with one attached hydrogen (secondary N) is 1. The first-order valence-corrected chi connectivity index (χ1v) is 9.02. The first-order chi connectivity index (χ1) is 11.5. The third-order valence-electron chi connectivity index (χ3n) is 3.92. The van der Waals surface area contributed by atoms with E-state index in [4.69, 9.17) is 4.74 Å². The molecule has 0 aliphatic rings. The van der Waals surface area contributed by atoms with Crippen molar-refractivity contribution < 1.29 is 9.53 Å². The van der Waals surface area contributed by atoms with Crippen molar-refractivity contribution in [2.45, 2.75) is 26.3 Å². The van der Waals surface area contributed by atoms with E-state index in [9.17, 15) is 4.79 Å². The Morgan fingerprint density at radius 2 is 2.08 bits per heavy atom. The van der Waals surface area contributed by atoms with Crippen LogP contribution in [0.2, 0.25) is 0 Å². The highest BCUT2D eigenvalue weighted by molar-refractivity contribution is 7.10. The number of benzene rings is 1. The summed E-state index contributed by atoms with van der Waals surface area (Å²) in [5, 5.41) is 5.07. The fourth-order valence-corrected chi connectivity index (χ4v) is 3.36. The highest BCUT2D eigenvalue weighted by atomic mass is 32.1. The summed E-state index contributed by atoms with van der Waals surface area (Å²) in [7, 11) is 4.06. The van der Waals surface area contributed by atoms with Crippen LogP contribution in [0, 0.1) is 13.8 Å². The molecular formula is C19H26N2O2S. The van der Waals surface area contributed by atoms with Gasteiger partial charge in [-0.2, -0.15) is 0 Å². The SMILES string of the molecule is Cc1ccc(C)c(OCCC(=O)NCC(c2cccs2)N(C)C)c1. The Labute approximate surface area is 148 Å². The van der Waals surface area contributed by atoms with Crippen LogP contribution in [0.15, 0.2) is 35.7 Å². The van der Waals surface area contributed by atoms with Crippen molar-refractivity contribution >= 4 is 17.2 Å². The van der Waals surface area contributed by atoms with Crippen molar-refractivity contribution in [1.82, 2.24) is 10.2 Å². The van der Waals surface area contributed by atoms with E-state index in [2.05, 4.69) is 27.7 Å². The van der Waals surface area contributed by atoms with Gasteiger partial charge >= 0.3 is 0 Å². The standard InChI is InChI=1S/C19H26N2O2S/c1-14-7-8-15(2)17(12-14)23-10-9-19(22)20-13-16(21(3)4)18-6-5-11-24-18/h5-8,11-12,16H,9-10,13H2,1-4H3,(H,20,22). The summed E-state index contributed by atoms with van der Waals surface area (Å²) >= 11 is 1.71. The molecule has 2 aromatic rings. The molecule has 5 heteroatoms. The summed E-state index contributed by atoms with van der Waals surface area (Å²) in [4.78, 5) is 15.5. The number of likely N-dealkylation sites (N-methyl/N-ethyl adjacent to an activating group) is 1. The highest BCUT2D eigenvalue weighted by Gasteiger charge is 2.16. The number of amides is 1. The average molecular weight is 346 g/mol. The van der Waals surface area contributed by atoms with E-state index in [-0.39, 0.29) is 11.9 Å². The largest absolute Gasteiger partial charge is 0.493 e. The minimum absolute atomic E-state index is 0.0173. The molecule has 0 spiro atoms. The Balaban J connectivity index is 1.78. The van der Waals surface area contributed by atoms with Gasteiger partial charge in [0.25, 0.3) is 0 Å². The molecule has 4 nitrogen and oxygen atoms in total. The van der Waals surface area contributed by atoms with Crippen LogP contribution in [-0.4, -0.2) is 38.1 Å². The highest BCUT2D eigenvalue weighted by Crippen LogP contribution is 2.22.